The van der Waals surface area contributed by atoms with Crippen LogP contribution in [0, 0.1) is 0 Å². The molecule has 2 aliphatic heterocycles. The first-order valence-electron chi connectivity index (χ1n) is 9.64. The minimum atomic E-state index is -0.444. The second-order valence-corrected chi connectivity index (χ2v) is 7.95. The molecule has 0 radical (unpaired) electrons. The van der Waals surface area contributed by atoms with Gasteiger partial charge in [0, 0.05) is 23.7 Å². The number of hydrogen-bond donors (Lipinski definition) is 2. The summed E-state index contributed by atoms with van der Waals surface area (Å²) in [4.78, 5) is 25.7. The molecule has 0 saturated carbocycles. The second kappa shape index (κ2) is 7.57. The molecule has 2 aromatic carbocycles. The molecule has 0 spiro atoms. The lowest BCUT2D eigenvalue weighted by Crippen LogP contribution is -2.39. The van der Waals surface area contributed by atoms with Gasteiger partial charge < -0.3 is 10.0 Å². The maximum absolute atomic E-state index is 12.2. The van der Waals surface area contributed by atoms with Crippen LogP contribution in [0.1, 0.15) is 44.1 Å². The van der Waals surface area contributed by atoms with Crippen LogP contribution in [0.25, 0.3) is 11.1 Å². The fourth-order valence-corrected chi connectivity index (χ4v) is 4.60. The van der Waals surface area contributed by atoms with Gasteiger partial charge in [0.05, 0.1) is 10.9 Å². The number of benzene rings is 2. The van der Waals surface area contributed by atoms with Gasteiger partial charge in [-0.1, -0.05) is 41.9 Å². The number of amides is 2. The number of anilines is 1. The third-order valence-electron chi connectivity index (χ3n) is 5.76. The van der Waals surface area contributed by atoms with E-state index in [9.17, 15) is 14.7 Å². The molecule has 2 heterocycles. The average molecular weight is 399 g/mol. The van der Waals surface area contributed by atoms with Gasteiger partial charge in [0.1, 0.15) is 6.23 Å². The highest BCUT2D eigenvalue weighted by molar-refractivity contribution is 6.34. The van der Waals surface area contributed by atoms with Crippen LogP contribution in [-0.4, -0.2) is 29.2 Å². The Kier molecular flexibility index (Phi) is 5.13. The van der Waals surface area contributed by atoms with Gasteiger partial charge in [-0.05, 0) is 49.4 Å². The van der Waals surface area contributed by atoms with E-state index in [4.69, 9.17) is 11.6 Å². The Bertz CT molecular complexity index is 902. The molecule has 2 fully saturated rings. The second-order valence-electron chi connectivity index (χ2n) is 7.57. The molecule has 2 saturated heterocycles. The number of carbonyl (C=O) groups excluding carboxylic acids is 2. The monoisotopic (exact) mass is 398 g/mol. The fourth-order valence-electron chi connectivity index (χ4n) is 4.23. The van der Waals surface area contributed by atoms with Gasteiger partial charge in [0.25, 0.3) is 0 Å². The van der Waals surface area contributed by atoms with E-state index in [2.05, 4.69) is 12.2 Å². The number of imide groups is 1. The van der Waals surface area contributed by atoms with Crippen LogP contribution < -0.4 is 10.2 Å². The molecular formula is C22H23ClN2O3. The third-order valence-corrected chi connectivity index (χ3v) is 6.18. The molecule has 6 heteroatoms. The van der Waals surface area contributed by atoms with Crippen LogP contribution in [-0.2, 0) is 9.59 Å². The Morgan fingerprint density at radius 2 is 1.82 bits per heavy atom. The average Bonchev–Trinajstić information content (AvgIpc) is 3.01. The zero-order chi connectivity index (χ0) is 19.8. The fraction of sp³-hybridized carbons (Fsp3) is 0.364. The summed E-state index contributed by atoms with van der Waals surface area (Å²) < 4.78 is 0. The van der Waals surface area contributed by atoms with E-state index in [1.807, 2.05) is 47.4 Å². The smallest absolute Gasteiger partial charge is 0.234 e. The maximum atomic E-state index is 12.2. The van der Waals surface area contributed by atoms with Crippen molar-refractivity contribution in [1.29, 1.82) is 0 Å². The highest BCUT2D eigenvalue weighted by Crippen LogP contribution is 2.38. The number of nitrogens with zero attached hydrogens (tertiary/aromatic N) is 1. The van der Waals surface area contributed by atoms with E-state index in [0.29, 0.717) is 23.9 Å². The van der Waals surface area contributed by atoms with Crippen LogP contribution >= 0.6 is 11.6 Å². The molecule has 2 aromatic rings. The van der Waals surface area contributed by atoms with Gasteiger partial charge in [-0.15, -0.1) is 0 Å². The first kappa shape index (κ1) is 19.0. The van der Waals surface area contributed by atoms with Crippen LogP contribution in [0.5, 0.6) is 0 Å². The van der Waals surface area contributed by atoms with Gasteiger partial charge in [0.15, 0.2) is 0 Å². The standard InChI is InChI=1S/C22H23ClN2O3/c1-13-5-12-20(27)25(13)15-8-6-14(7-9-15)16-3-2-4-17(21(16)23)18-10-11-19(26)24-22(18)28/h2-4,6-9,13,18,20,27H,5,10-12H2,1H3,(H,24,26,28)/t13-,18?,20?/m1/s1. The molecule has 2 aliphatic rings. The van der Waals surface area contributed by atoms with Gasteiger partial charge in [-0.2, -0.15) is 0 Å². The van der Waals surface area contributed by atoms with Crippen molar-refractivity contribution < 1.29 is 14.7 Å². The molecule has 2 N–H and O–H groups in total. The van der Waals surface area contributed by atoms with Gasteiger partial charge in [-0.3, -0.25) is 14.9 Å². The molecule has 28 heavy (non-hydrogen) atoms. The number of carbonyl (C=O) groups is 2. The van der Waals surface area contributed by atoms with E-state index in [0.717, 1.165) is 35.2 Å². The number of nitrogens with one attached hydrogen (secondary N) is 1. The lowest BCUT2D eigenvalue weighted by Gasteiger charge is -2.27. The van der Waals surface area contributed by atoms with E-state index in [1.54, 1.807) is 0 Å². The van der Waals surface area contributed by atoms with Crippen molar-refractivity contribution in [2.45, 2.75) is 50.8 Å². The molecule has 5 nitrogen and oxygen atoms in total. The summed E-state index contributed by atoms with van der Waals surface area (Å²) in [7, 11) is 0. The minimum Gasteiger partial charge on any atom is -0.374 e. The van der Waals surface area contributed by atoms with Crippen molar-refractivity contribution in [3.63, 3.8) is 0 Å². The van der Waals surface area contributed by atoms with E-state index in [-0.39, 0.29) is 11.8 Å². The number of piperidine rings is 1. The quantitative estimate of drug-likeness (QED) is 0.771. The third kappa shape index (κ3) is 3.40. The normalized spacial score (nSPS) is 25.1. The number of hydrogen-bond acceptors (Lipinski definition) is 4. The van der Waals surface area contributed by atoms with E-state index < -0.39 is 12.1 Å². The van der Waals surface area contributed by atoms with Crippen LogP contribution in [0.2, 0.25) is 5.02 Å². The van der Waals surface area contributed by atoms with Crippen molar-refractivity contribution in [2.75, 3.05) is 4.90 Å². The van der Waals surface area contributed by atoms with Crippen LogP contribution in [0.15, 0.2) is 42.5 Å². The van der Waals surface area contributed by atoms with E-state index in [1.165, 1.54) is 0 Å². The highest BCUT2D eigenvalue weighted by Gasteiger charge is 2.31. The molecular weight excluding hydrogens is 376 g/mol. The zero-order valence-corrected chi connectivity index (χ0v) is 16.4. The highest BCUT2D eigenvalue weighted by atomic mass is 35.5. The van der Waals surface area contributed by atoms with Crippen molar-refractivity contribution in [3.8, 4) is 11.1 Å². The molecule has 0 bridgehead atoms. The largest absolute Gasteiger partial charge is 0.374 e. The Balaban J connectivity index is 1.63. The predicted octanol–water partition coefficient (Wildman–Crippen LogP) is 3.83. The zero-order valence-electron chi connectivity index (χ0n) is 15.7. The van der Waals surface area contributed by atoms with Crippen LogP contribution in [0.4, 0.5) is 5.69 Å². The summed E-state index contributed by atoms with van der Waals surface area (Å²) in [5.74, 6) is -0.935. The summed E-state index contributed by atoms with van der Waals surface area (Å²) in [6.45, 7) is 2.12. The predicted molar refractivity (Wildman–Crippen MR) is 109 cm³/mol. The minimum absolute atomic E-state index is 0.234. The molecule has 3 atom stereocenters. The summed E-state index contributed by atoms with van der Waals surface area (Å²) in [5.41, 5.74) is 3.53. The summed E-state index contributed by atoms with van der Waals surface area (Å²) in [6, 6.07) is 13.9. The molecule has 0 aromatic heterocycles. The Labute approximate surface area is 169 Å². The molecule has 2 amide bonds. The van der Waals surface area contributed by atoms with Crippen LogP contribution in [0.3, 0.4) is 0 Å². The number of aliphatic hydroxyl groups is 1. The van der Waals surface area contributed by atoms with E-state index >= 15 is 0 Å². The Morgan fingerprint density at radius 1 is 1.07 bits per heavy atom. The topological polar surface area (TPSA) is 69.6 Å². The maximum Gasteiger partial charge on any atom is 0.234 e. The SMILES string of the molecule is C[C@@H]1CCC(O)N1c1ccc(-c2cccc(C3CCC(=O)NC3=O)c2Cl)cc1. The van der Waals surface area contributed by atoms with Gasteiger partial charge in [0.2, 0.25) is 11.8 Å². The van der Waals surface area contributed by atoms with Crippen molar-refractivity contribution in [2.24, 2.45) is 0 Å². The first-order valence-corrected chi connectivity index (χ1v) is 10.0. The van der Waals surface area contributed by atoms with Crippen molar-refractivity contribution >= 4 is 29.1 Å². The number of halogens is 1. The summed E-state index contributed by atoms with van der Waals surface area (Å²) >= 11 is 6.68. The lowest BCUT2D eigenvalue weighted by molar-refractivity contribution is -0.134. The lowest BCUT2D eigenvalue weighted by atomic mass is 9.88. The Hall–Kier alpha value is -2.37. The summed E-state index contributed by atoms with van der Waals surface area (Å²) in [6.07, 6.45) is 2.10. The Morgan fingerprint density at radius 3 is 2.46 bits per heavy atom. The van der Waals surface area contributed by atoms with Crippen molar-refractivity contribution in [3.05, 3.63) is 53.1 Å². The number of aliphatic hydroxyl groups excluding tert-OH is 1. The molecule has 2 unspecified atom stereocenters. The van der Waals surface area contributed by atoms with Crippen molar-refractivity contribution in [1.82, 2.24) is 5.32 Å². The molecule has 0 aliphatic carbocycles. The molecule has 146 valence electrons. The number of rotatable bonds is 3. The van der Waals surface area contributed by atoms with Gasteiger partial charge in [-0.25, -0.2) is 0 Å². The van der Waals surface area contributed by atoms with Gasteiger partial charge >= 0.3 is 0 Å². The first-order chi connectivity index (χ1) is 13.5. The summed E-state index contributed by atoms with van der Waals surface area (Å²) in [5, 5.41) is 13.1. The molecule has 4 rings (SSSR count).